The number of benzene rings is 2. The average Bonchev–Trinajstić information content (AvgIpc) is 2.72. The van der Waals surface area contributed by atoms with Gasteiger partial charge in [0.1, 0.15) is 19.3 Å². The number of anilines is 2. The van der Waals surface area contributed by atoms with Gasteiger partial charge >= 0.3 is 0 Å². The summed E-state index contributed by atoms with van der Waals surface area (Å²) in [6.45, 7) is 5.63. The van der Waals surface area contributed by atoms with Crippen LogP contribution in [0, 0.1) is 5.92 Å². The van der Waals surface area contributed by atoms with Crippen LogP contribution in [0.2, 0.25) is 0 Å². The Bertz CT molecular complexity index is 1070. The lowest BCUT2D eigenvalue weighted by Gasteiger charge is -2.23. The van der Waals surface area contributed by atoms with Gasteiger partial charge in [-0.2, -0.15) is 4.72 Å². The van der Waals surface area contributed by atoms with E-state index in [1.54, 1.807) is 38.1 Å². The summed E-state index contributed by atoms with van der Waals surface area (Å²) in [5.74, 6) is -0.191. The highest BCUT2D eigenvalue weighted by Gasteiger charge is 2.29. The van der Waals surface area contributed by atoms with Crippen molar-refractivity contribution in [3.63, 3.8) is 0 Å². The maximum atomic E-state index is 12.9. The van der Waals surface area contributed by atoms with Crippen molar-refractivity contribution >= 4 is 33.2 Å². The normalized spacial score (nSPS) is 14.1. The molecule has 3 N–H and O–H groups in total. The third kappa shape index (κ3) is 5.74. The Morgan fingerprint density at radius 3 is 2.06 bits per heavy atom. The first-order valence-electron chi connectivity index (χ1n) is 9.76. The number of hydrogen-bond donors (Lipinski definition) is 3. The van der Waals surface area contributed by atoms with Gasteiger partial charge in [-0.15, -0.1) is 0 Å². The van der Waals surface area contributed by atoms with E-state index in [0.717, 1.165) is 0 Å². The standard InChI is InChI=1S/C21H25N3O6S/c1-13(2)20(21(26)23-16-6-4-15(5-7-16)22-14(3)25)24-31(27,28)17-8-9-18-19(12-17)30-11-10-29-18/h4-9,12-13,20,24H,10-11H2,1-3H3,(H,22,25)(H,23,26)/t20-/m0/s1. The molecule has 0 aliphatic carbocycles. The van der Waals surface area contributed by atoms with E-state index in [4.69, 9.17) is 9.47 Å². The summed E-state index contributed by atoms with van der Waals surface area (Å²) in [5.41, 5.74) is 1.06. The molecule has 0 fully saturated rings. The van der Waals surface area contributed by atoms with Crippen molar-refractivity contribution in [2.24, 2.45) is 5.92 Å². The molecular formula is C21H25N3O6S. The largest absolute Gasteiger partial charge is 0.486 e. The second kappa shape index (κ2) is 9.36. The molecule has 1 aliphatic rings. The molecule has 3 rings (SSSR count). The van der Waals surface area contributed by atoms with Crippen molar-refractivity contribution in [1.82, 2.24) is 4.72 Å². The van der Waals surface area contributed by atoms with E-state index >= 15 is 0 Å². The summed E-state index contributed by atoms with van der Waals surface area (Å²) in [5, 5.41) is 5.34. The Morgan fingerprint density at radius 2 is 1.48 bits per heavy atom. The molecule has 0 unspecified atom stereocenters. The van der Waals surface area contributed by atoms with E-state index in [9.17, 15) is 18.0 Å². The molecule has 0 saturated carbocycles. The average molecular weight is 448 g/mol. The van der Waals surface area contributed by atoms with Crippen LogP contribution in [0.1, 0.15) is 20.8 Å². The zero-order valence-electron chi connectivity index (χ0n) is 17.5. The lowest BCUT2D eigenvalue weighted by molar-refractivity contribution is -0.118. The Balaban J connectivity index is 1.74. The molecule has 166 valence electrons. The monoisotopic (exact) mass is 447 g/mol. The van der Waals surface area contributed by atoms with Gasteiger partial charge in [-0.05, 0) is 42.3 Å². The summed E-state index contributed by atoms with van der Waals surface area (Å²) in [6.07, 6.45) is 0. The van der Waals surface area contributed by atoms with Crippen LogP contribution in [-0.2, 0) is 19.6 Å². The van der Waals surface area contributed by atoms with Crippen LogP contribution in [0.4, 0.5) is 11.4 Å². The molecule has 2 aromatic rings. The van der Waals surface area contributed by atoms with Gasteiger partial charge in [0.2, 0.25) is 21.8 Å². The number of hydrogen-bond acceptors (Lipinski definition) is 6. The van der Waals surface area contributed by atoms with Gasteiger partial charge in [-0.1, -0.05) is 13.8 Å². The van der Waals surface area contributed by atoms with Crippen molar-refractivity contribution < 1.29 is 27.5 Å². The molecule has 1 atom stereocenters. The minimum atomic E-state index is -3.99. The molecule has 10 heteroatoms. The second-order valence-corrected chi connectivity index (χ2v) is 9.11. The molecule has 0 spiro atoms. The number of rotatable bonds is 7. The van der Waals surface area contributed by atoms with Crippen LogP contribution in [0.25, 0.3) is 0 Å². The lowest BCUT2D eigenvalue weighted by atomic mass is 10.0. The van der Waals surface area contributed by atoms with Crippen LogP contribution >= 0.6 is 0 Å². The summed E-state index contributed by atoms with van der Waals surface area (Å²) in [6, 6.07) is 9.84. The zero-order valence-corrected chi connectivity index (χ0v) is 18.3. The number of nitrogens with one attached hydrogen (secondary N) is 3. The van der Waals surface area contributed by atoms with Gasteiger partial charge in [0.25, 0.3) is 0 Å². The number of carbonyl (C=O) groups is 2. The minimum absolute atomic E-state index is 0.0186. The van der Waals surface area contributed by atoms with Gasteiger partial charge < -0.3 is 20.1 Å². The van der Waals surface area contributed by atoms with E-state index in [2.05, 4.69) is 15.4 Å². The van der Waals surface area contributed by atoms with E-state index in [0.29, 0.717) is 36.1 Å². The molecule has 1 aliphatic heterocycles. The molecule has 0 aromatic heterocycles. The molecule has 9 nitrogen and oxygen atoms in total. The summed E-state index contributed by atoms with van der Waals surface area (Å²) in [4.78, 5) is 23.9. The van der Waals surface area contributed by atoms with Gasteiger partial charge in [-0.25, -0.2) is 8.42 Å². The third-order valence-electron chi connectivity index (χ3n) is 4.53. The predicted molar refractivity (Wildman–Crippen MR) is 116 cm³/mol. The first-order valence-corrected chi connectivity index (χ1v) is 11.2. The number of sulfonamides is 1. The molecule has 0 radical (unpaired) electrons. The predicted octanol–water partition coefficient (Wildman–Crippen LogP) is 2.36. The van der Waals surface area contributed by atoms with Crippen LogP contribution in [0.15, 0.2) is 47.4 Å². The molecule has 2 amide bonds. The number of carbonyl (C=O) groups excluding carboxylic acids is 2. The maximum Gasteiger partial charge on any atom is 0.242 e. The van der Waals surface area contributed by atoms with Crippen molar-refractivity contribution in [2.75, 3.05) is 23.8 Å². The fourth-order valence-corrected chi connectivity index (χ4v) is 4.34. The van der Waals surface area contributed by atoms with E-state index in [1.165, 1.54) is 25.1 Å². The van der Waals surface area contributed by atoms with E-state index < -0.39 is 22.0 Å². The molecule has 31 heavy (non-hydrogen) atoms. The quantitative estimate of drug-likeness (QED) is 0.599. The van der Waals surface area contributed by atoms with Gasteiger partial charge in [0.15, 0.2) is 11.5 Å². The first-order chi connectivity index (χ1) is 14.7. The molecular weight excluding hydrogens is 422 g/mol. The Kier molecular flexibility index (Phi) is 6.81. The van der Waals surface area contributed by atoms with Gasteiger partial charge in [0.05, 0.1) is 4.90 Å². The van der Waals surface area contributed by atoms with Crippen LogP contribution in [-0.4, -0.2) is 39.5 Å². The Hall–Kier alpha value is -3.11. The van der Waals surface area contributed by atoms with E-state index in [1.807, 2.05) is 0 Å². The SMILES string of the molecule is CC(=O)Nc1ccc(NC(=O)[C@@H](NS(=O)(=O)c2ccc3c(c2)OCCO3)C(C)C)cc1. The van der Waals surface area contributed by atoms with Crippen molar-refractivity contribution in [3.05, 3.63) is 42.5 Å². The highest BCUT2D eigenvalue weighted by atomic mass is 32.2. The smallest absolute Gasteiger partial charge is 0.242 e. The summed E-state index contributed by atoms with van der Waals surface area (Å²) >= 11 is 0. The highest BCUT2D eigenvalue weighted by Crippen LogP contribution is 2.32. The van der Waals surface area contributed by atoms with Gasteiger partial charge in [-0.3, -0.25) is 9.59 Å². The molecule has 0 bridgehead atoms. The van der Waals surface area contributed by atoms with E-state index in [-0.39, 0.29) is 16.7 Å². The number of ether oxygens (including phenoxy) is 2. The lowest BCUT2D eigenvalue weighted by Crippen LogP contribution is -2.47. The second-order valence-electron chi connectivity index (χ2n) is 7.40. The minimum Gasteiger partial charge on any atom is -0.486 e. The Morgan fingerprint density at radius 1 is 0.903 bits per heavy atom. The fourth-order valence-electron chi connectivity index (χ4n) is 2.98. The number of fused-ring (bicyclic) bond motifs is 1. The highest BCUT2D eigenvalue weighted by molar-refractivity contribution is 7.89. The molecule has 0 saturated heterocycles. The Labute approximate surface area is 181 Å². The van der Waals surface area contributed by atoms with Crippen molar-refractivity contribution in [2.45, 2.75) is 31.7 Å². The van der Waals surface area contributed by atoms with Gasteiger partial charge in [0, 0.05) is 24.4 Å². The number of amides is 2. The zero-order chi connectivity index (χ0) is 22.6. The molecule has 2 aromatic carbocycles. The summed E-state index contributed by atoms with van der Waals surface area (Å²) < 4.78 is 39.2. The molecule has 1 heterocycles. The van der Waals surface area contributed by atoms with Crippen LogP contribution in [0.3, 0.4) is 0 Å². The van der Waals surface area contributed by atoms with Crippen LogP contribution < -0.4 is 24.8 Å². The third-order valence-corrected chi connectivity index (χ3v) is 5.97. The van der Waals surface area contributed by atoms with Crippen molar-refractivity contribution in [3.8, 4) is 11.5 Å². The summed E-state index contributed by atoms with van der Waals surface area (Å²) in [7, 11) is -3.99. The van der Waals surface area contributed by atoms with Crippen molar-refractivity contribution in [1.29, 1.82) is 0 Å². The first kappa shape index (κ1) is 22.6. The van der Waals surface area contributed by atoms with Crippen LogP contribution in [0.5, 0.6) is 11.5 Å². The maximum absolute atomic E-state index is 12.9. The fraction of sp³-hybridized carbons (Fsp3) is 0.333. The topological polar surface area (TPSA) is 123 Å².